The van der Waals surface area contributed by atoms with Crippen LogP contribution < -0.4 is 0 Å². The third-order valence-corrected chi connectivity index (χ3v) is 6.85. The molecule has 3 rings (SSSR count). The number of rotatable bonds is 2. The Hall–Kier alpha value is -0.0800. The van der Waals surface area contributed by atoms with Gasteiger partial charge in [0.2, 0.25) is 0 Å². The van der Waals surface area contributed by atoms with E-state index < -0.39 is 5.60 Å². The van der Waals surface area contributed by atoms with Crippen molar-refractivity contribution in [2.75, 3.05) is 6.61 Å². The maximum absolute atomic E-state index is 10.9. The van der Waals surface area contributed by atoms with E-state index in [-0.39, 0.29) is 5.60 Å². The Bertz CT molecular complexity index is 373. The summed E-state index contributed by atoms with van der Waals surface area (Å²) in [4.78, 5) is 0. The van der Waals surface area contributed by atoms with Crippen LogP contribution in [0.2, 0.25) is 0 Å². The summed E-state index contributed by atoms with van der Waals surface area (Å²) in [6.07, 6.45) is 4.42. The molecule has 0 saturated heterocycles. The van der Waals surface area contributed by atoms with Crippen LogP contribution in [0.5, 0.6) is 0 Å². The van der Waals surface area contributed by atoms with Gasteiger partial charge in [-0.15, -0.1) is 0 Å². The van der Waals surface area contributed by atoms with Gasteiger partial charge in [-0.2, -0.15) is 0 Å². The molecule has 0 amide bonds. The van der Waals surface area contributed by atoms with Gasteiger partial charge in [0.1, 0.15) is 0 Å². The van der Waals surface area contributed by atoms with Gasteiger partial charge < -0.3 is 9.84 Å². The van der Waals surface area contributed by atoms with Crippen LogP contribution in [-0.2, 0) is 4.74 Å². The van der Waals surface area contributed by atoms with Crippen LogP contribution in [0.25, 0.3) is 0 Å². The van der Waals surface area contributed by atoms with Gasteiger partial charge in [0.05, 0.1) is 11.2 Å². The van der Waals surface area contributed by atoms with Crippen LogP contribution in [0.1, 0.15) is 60.3 Å². The molecule has 6 unspecified atom stereocenters. The molecule has 3 fully saturated rings. The summed E-state index contributed by atoms with van der Waals surface area (Å²) < 4.78 is 6.19. The van der Waals surface area contributed by atoms with Crippen LogP contribution in [0.4, 0.5) is 0 Å². The predicted molar refractivity (Wildman–Crippen MR) is 76.9 cm³/mol. The van der Waals surface area contributed by atoms with E-state index in [1.807, 2.05) is 0 Å². The zero-order valence-electron chi connectivity index (χ0n) is 13.2. The monoisotopic (exact) mass is 266 g/mol. The fourth-order valence-corrected chi connectivity index (χ4v) is 5.72. The fraction of sp³-hybridized carbons (Fsp3) is 1.00. The lowest BCUT2D eigenvalue weighted by atomic mass is 9.73. The first kappa shape index (κ1) is 13.9. The van der Waals surface area contributed by atoms with Crippen molar-refractivity contribution >= 4 is 0 Å². The summed E-state index contributed by atoms with van der Waals surface area (Å²) in [5, 5.41) is 10.9. The molecular weight excluding hydrogens is 236 g/mol. The van der Waals surface area contributed by atoms with E-state index in [0.29, 0.717) is 17.3 Å². The Morgan fingerprint density at radius 3 is 2.26 bits per heavy atom. The lowest BCUT2D eigenvalue weighted by molar-refractivity contribution is -0.0973. The smallest absolute Gasteiger partial charge is 0.0689 e. The number of ether oxygens (including phenoxy) is 1. The van der Waals surface area contributed by atoms with E-state index in [1.165, 1.54) is 6.42 Å². The maximum Gasteiger partial charge on any atom is 0.0689 e. The summed E-state index contributed by atoms with van der Waals surface area (Å²) in [6.45, 7) is 12.1. The molecule has 0 spiro atoms. The van der Waals surface area contributed by atoms with E-state index in [0.717, 1.165) is 37.7 Å². The van der Waals surface area contributed by atoms with Crippen molar-refractivity contribution < 1.29 is 9.84 Å². The van der Waals surface area contributed by atoms with Gasteiger partial charge in [-0.25, -0.2) is 0 Å². The van der Waals surface area contributed by atoms with Crippen molar-refractivity contribution in [3.05, 3.63) is 0 Å². The zero-order valence-corrected chi connectivity index (χ0v) is 13.2. The van der Waals surface area contributed by atoms with Crippen molar-refractivity contribution in [1.29, 1.82) is 0 Å². The average Bonchev–Trinajstić information content (AvgIpc) is 2.69. The maximum atomic E-state index is 10.9. The molecule has 0 aromatic rings. The van der Waals surface area contributed by atoms with Crippen LogP contribution in [0.15, 0.2) is 0 Å². The van der Waals surface area contributed by atoms with E-state index >= 15 is 0 Å². The first-order valence-corrected chi connectivity index (χ1v) is 8.10. The van der Waals surface area contributed by atoms with Crippen molar-refractivity contribution in [1.82, 2.24) is 0 Å². The van der Waals surface area contributed by atoms with E-state index in [1.54, 1.807) is 0 Å². The number of fused-ring (bicyclic) bond motifs is 3. The summed E-state index contributed by atoms with van der Waals surface area (Å²) in [7, 11) is 0. The largest absolute Gasteiger partial charge is 0.390 e. The first-order valence-electron chi connectivity index (χ1n) is 8.10. The molecule has 2 heteroatoms. The number of hydrogen-bond donors (Lipinski definition) is 1. The molecule has 1 N–H and O–H groups in total. The molecule has 3 saturated carbocycles. The Morgan fingerprint density at radius 2 is 1.63 bits per heavy atom. The molecule has 0 radical (unpaired) electrons. The average molecular weight is 266 g/mol. The highest BCUT2D eigenvalue weighted by molar-refractivity contribution is 5.18. The highest BCUT2D eigenvalue weighted by atomic mass is 16.5. The minimum atomic E-state index is -0.483. The second-order valence-electron chi connectivity index (χ2n) is 8.27. The zero-order chi connectivity index (χ0) is 14.1. The van der Waals surface area contributed by atoms with Gasteiger partial charge in [-0.3, -0.25) is 0 Å². The molecule has 0 heterocycles. The predicted octanol–water partition coefficient (Wildman–Crippen LogP) is 3.62. The van der Waals surface area contributed by atoms with Gasteiger partial charge in [0.15, 0.2) is 0 Å². The van der Waals surface area contributed by atoms with Gasteiger partial charge in [0, 0.05) is 6.61 Å². The molecule has 0 aromatic carbocycles. The van der Waals surface area contributed by atoms with Gasteiger partial charge in [0.25, 0.3) is 0 Å². The molecular formula is C17H30O2. The summed E-state index contributed by atoms with van der Waals surface area (Å²) in [6, 6.07) is 0. The molecule has 0 bridgehead atoms. The number of hydrogen-bond acceptors (Lipinski definition) is 2. The van der Waals surface area contributed by atoms with Crippen molar-refractivity contribution in [2.24, 2.45) is 29.1 Å². The van der Waals surface area contributed by atoms with Crippen LogP contribution in [0.3, 0.4) is 0 Å². The standard InChI is InChI=1S/C17H30O2/c1-6-19-17(5)10-8-12-14(17)13-11(15(13,2)3)7-9-16(12,4)18/h11-14,18H,6-10H2,1-5H3. The van der Waals surface area contributed by atoms with E-state index in [4.69, 9.17) is 4.74 Å². The molecule has 6 atom stereocenters. The highest BCUT2D eigenvalue weighted by Gasteiger charge is 2.70. The van der Waals surface area contributed by atoms with Crippen LogP contribution in [-0.4, -0.2) is 22.9 Å². The van der Waals surface area contributed by atoms with Gasteiger partial charge >= 0.3 is 0 Å². The molecule has 2 nitrogen and oxygen atoms in total. The minimum absolute atomic E-state index is 0.00949. The van der Waals surface area contributed by atoms with Crippen LogP contribution in [0, 0.1) is 29.1 Å². The highest BCUT2D eigenvalue weighted by Crippen LogP contribution is 2.72. The van der Waals surface area contributed by atoms with Crippen LogP contribution >= 0.6 is 0 Å². The molecule has 0 aromatic heterocycles. The Balaban J connectivity index is 1.96. The van der Waals surface area contributed by atoms with Crippen molar-refractivity contribution in [3.63, 3.8) is 0 Å². The molecule has 110 valence electrons. The van der Waals surface area contributed by atoms with Crippen molar-refractivity contribution in [3.8, 4) is 0 Å². The summed E-state index contributed by atoms with van der Waals surface area (Å²) in [5.74, 6) is 2.53. The molecule has 3 aliphatic rings. The third kappa shape index (κ3) is 1.82. The Kier molecular flexibility index (Phi) is 2.91. The summed E-state index contributed by atoms with van der Waals surface area (Å²) >= 11 is 0. The summed E-state index contributed by atoms with van der Waals surface area (Å²) in [5.41, 5.74) is -0.0322. The topological polar surface area (TPSA) is 29.5 Å². The normalized spacial score (nSPS) is 55.3. The number of aliphatic hydroxyl groups is 1. The SMILES string of the molecule is CCOC1(C)CCC2C1C1C(CCC2(C)O)C1(C)C. The third-order valence-electron chi connectivity index (χ3n) is 6.85. The Morgan fingerprint density at radius 1 is 1.00 bits per heavy atom. The van der Waals surface area contributed by atoms with Gasteiger partial charge in [-0.1, -0.05) is 13.8 Å². The Labute approximate surface area is 117 Å². The van der Waals surface area contributed by atoms with E-state index in [2.05, 4.69) is 34.6 Å². The lowest BCUT2D eigenvalue weighted by Crippen LogP contribution is -2.44. The second kappa shape index (κ2) is 3.98. The molecule has 3 aliphatic carbocycles. The second-order valence-corrected chi connectivity index (χ2v) is 8.27. The van der Waals surface area contributed by atoms with Gasteiger partial charge in [-0.05, 0) is 75.5 Å². The lowest BCUT2D eigenvalue weighted by Gasteiger charge is -2.40. The molecule has 19 heavy (non-hydrogen) atoms. The first-order chi connectivity index (χ1) is 8.74. The van der Waals surface area contributed by atoms with Crippen molar-refractivity contribution in [2.45, 2.75) is 71.5 Å². The minimum Gasteiger partial charge on any atom is -0.390 e. The quantitative estimate of drug-likeness (QED) is 0.827. The fourth-order valence-electron chi connectivity index (χ4n) is 5.72. The molecule has 0 aliphatic heterocycles. The van der Waals surface area contributed by atoms with E-state index in [9.17, 15) is 5.11 Å².